The molecule has 4 rings (SSSR count). The van der Waals surface area contributed by atoms with Crippen LogP contribution in [0.2, 0.25) is 26.2 Å². The Labute approximate surface area is 192 Å². The van der Waals surface area contributed by atoms with Gasteiger partial charge in [-0.3, -0.25) is 0 Å². The van der Waals surface area contributed by atoms with Crippen molar-refractivity contribution in [2.45, 2.75) is 26.2 Å². The largest absolute Gasteiger partial charge is 0.0898 e. The standard InChI is InChI=1S/C16H18S8Si2/c1-25(2,11-9-21-15(23-11)13-17-5-6-18-13)26(3,4)12-10-22-16(24-12)14-19-7-8-20-14/h5-10H,1-4H3. The van der Waals surface area contributed by atoms with Crippen LogP contribution < -0.4 is 0 Å². The quantitative estimate of drug-likeness (QED) is 0.332. The highest BCUT2D eigenvalue weighted by Gasteiger charge is 2.49. The van der Waals surface area contributed by atoms with E-state index in [0.717, 1.165) is 0 Å². The zero-order valence-electron chi connectivity index (χ0n) is 14.7. The summed E-state index contributed by atoms with van der Waals surface area (Å²) in [6.45, 7) is 10.4. The summed E-state index contributed by atoms with van der Waals surface area (Å²) in [7, 11) is -3.02. The zero-order valence-corrected chi connectivity index (χ0v) is 23.3. The van der Waals surface area contributed by atoms with Crippen LogP contribution in [0.15, 0.2) is 58.5 Å². The number of hydrogen-bond donors (Lipinski definition) is 0. The third kappa shape index (κ3) is 3.98. The van der Waals surface area contributed by atoms with Crippen LogP contribution in [0.4, 0.5) is 0 Å². The Balaban J connectivity index is 1.52. The molecule has 0 unspecified atom stereocenters. The second-order valence-corrected chi connectivity index (χ2v) is 31.2. The van der Waals surface area contributed by atoms with Gasteiger partial charge in [0, 0.05) is 0 Å². The van der Waals surface area contributed by atoms with Gasteiger partial charge in [-0.1, -0.05) is 120 Å². The second-order valence-electron chi connectivity index (χ2n) is 6.82. The van der Waals surface area contributed by atoms with E-state index in [-0.39, 0.29) is 0 Å². The van der Waals surface area contributed by atoms with Crippen LogP contribution in [0.3, 0.4) is 0 Å². The molecule has 4 aliphatic heterocycles. The van der Waals surface area contributed by atoms with E-state index in [4.69, 9.17) is 0 Å². The van der Waals surface area contributed by atoms with Crippen molar-refractivity contribution >= 4 is 109 Å². The van der Waals surface area contributed by atoms with Gasteiger partial charge in [-0.05, 0) is 41.5 Å². The molecule has 138 valence electrons. The minimum absolute atomic E-state index is 1.47. The summed E-state index contributed by atoms with van der Waals surface area (Å²) in [5.74, 6) is 0. The van der Waals surface area contributed by atoms with Crippen LogP contribution >= 0.6 is 94.1 Å². The Morgan fingerprint density at radius 2 is 0.846 bits per heavy atom. The van der Waals surface area contributed by atoms with Gasteiger partial charge in [0.25, 0.3) is 0 Å². The molecule has 0 aromatic heterocycles. The Hall–Kier alpha value is 1.67. The summed E-state index contributed by atoms with van der Waals surface area (Å²) in [6, 6.07) is 0. The van der Waals surface area contributed by atoms with Crippen molar-refractivity contribution in [3.05, 3.63) is 58.5 Å². The molecule has 0 nitrogen and oxygen atoms in total. The topological polar surface area (TPSA) is 0 Å². The first-order valence-electron chi connectivity index (χ1n) is 7.95. The number of hydrogen-bond acceptors (Lipinski definition) is 8. The minimum atomic E-state index is -1.51. The molecule has 0 N–H and O–H groups in total. The average molecular weight is 523 g/mol. The molecule has 0 radical (unpaired) electrons. The van der Waals surface area contributed by atoms with Crippen molar-refractivity contribution in [3.8, 4) is 0 Å². The van der Waals surface area contributed by atoms with E-state index < -0.39 is 15.2 Å². The Bertz CT molecular complexity index is 728. The molecule has 0 spiro atoms. The van der Waals surface area contributed by atoms with Gasteiger partial charge in [0.05, 0.1) is 32.1 Å². The van der Waals surface area contributed by atoms with Crippen molar-refractivity contribution in [1.82, 2.24) is 0 Å². The molecular formula is C16H18S8Si2. The van der Waals surface area contributed by atoms with E-state index >= 15 is 0 Å². The highest BCUT2D eigenvalue weighted by Crippen LogP contribution is 2.59. The van der Waals surface area contributed by atoms with Crippen molar-refractivity contribution in [2.75, 3.05) is 0 Å². The molecule has 4 aliphatic rings. The maximum atomic E-state index is 2.61. The third-order valence-electron chi connectivity index (χ3n) is 4.89. The average Bonchev–Trinajstić information content (AvgIpc) is 3.43. The zero-order chi connectivity index (χ0) is 18.4. The maximum absolute atomic E-state index is 2.61. The molecule has 0 bridgehead atoms. The molecular weight excluding hydrogens is 505 g/mol. The molecule has 0 fully saturated rings. The van der Waals surface area contributed by atoms with Crippen LogP contribution in [-0.4, -0.2) is 15.2 Å². The normalized spacial score (nSPS) is 23.5. The summed E-state index contributed by atoms with van der Waals surface area (Å²) in [5, 5.41) is 13.8. The molecule has 0 aromatic rings. The van der Waals surface area contributed by atoms with Gasteiger partial charge in [-0.2, -0.15) is 0 Å². The van der Waals surface area contributed by atoms with Crippen LogP contribution in [0, 0.1) is 0 Å². The summed E-state index contributed by atoms with van der Waals surface area (Å²) < 4.78 is 9.31. The van der Waals surface area contributed by atoms with E-state index in [0.29, 0.717) is 0 Å². The van der Waals surface area contributed by atoms with Crippen LogP contribution in [-0.2, 0) is 0 Å². The van der Waals surface area contributed by atoms with E-state index in [9.17, 15) is 0 Å². The predicted octanol–water partition coefficient (Wildman–Crippen LogP) is 9.36. The molecule has 0 aliphatic carbocycles. The fraction of sp³-hybridized carbons (Fsp3) is 0.250. The lowest BCUT2D eigenvalue weighted by molar-refractivity contribution is 1.77. The SMILES string of the molecule is C[Si](C)(C1=CSC(=C2SC=CS2)S1)[Si](C)(C)C1=CSC(=C2SC=CS2)S1. The molecule has 26 heavy (non-hydrogen) atoms. The smallest absolute Gasteiger partial charge is 0.0890 e. The van der Waals surface area contributed by atoms with Gasteiger partial charge in [0.1, 0.15) is 0 Å². The molecule has 0 aromatic carbocycles. The predicted molar refractivity (Wildman–Crippen MR) is 144 cm³/mol. The third-order valence-corrected chi connectivity index (χ3v) is 36.6. The molecule has 0 saturated carbocycles. The van der Waals surface area contributed by atoms with E-state index in [1.165, 1.54) is 16.9 Å². The Kier molecular flexibility index (Phi) is 6.78. The summed E-state index contributed by atoms with van der Waals surface area (Å²) in [4.78, 5) is 0. The lowest BCUT2D eigenvalue weighted by atomic mass is 11.2. The summed E-state index contributed by atoms with van der Waals surface area (Å²) in [6.07, 6.45) is 0. The van der Waals surface area contributed by atoms with Gasteiger partial charge in [-0.15, -0.1) is 0 Å². The monoisotopic (exact) mass is 522 g/mol. The fourth-order valence-electron chi connectivity index (χ4n) is 2.46. The van der Waals surface area contributed by atoms with Crippen molar-refractivity contribution in [2.24, 2.45) is 0 Å². The fourth-order valence-corrected chi connectivity index (χ4v) is 28.0. The molecule has 0 amide bonds. The van der Waals surface area contributed by atoms with E-state index in [1.54, 1.807) is 9.06 Å². The summed E-state index contributed by atoms with van der Waals surface area (Å²) in [5.41, 5.74) is 0. The number of rotatable bonds is 3. The van der Waals surface area contributed by atoms with E-state index in [1.807, 2.05) is 70.6 Å². The summed E-state index contributed by atoms with van der Waals surface area (Å²) >= 11 is 15.6. The van der Waals surface area contributed by atoms with Gasteiger partial charge in [0.2, 0.25) is 0 Å². The molecule has 0 saturated heterocycles. The minimum Gasteiger partial charge on any atom is -0.0898 e. The first kappa shape index (κ1) is 20.9. The van der Waals surface area contributed by atoms with Crippen molar-refractivity contribution < 1.29 is 0 Å². The first-order valence-corrected chi connectivity index (χ1v) is 21.9. The number of thioether (sulfide) groups is 8. The van der Waals surface area contributed by atoms with Gasteiger partial charge in [-0.25, -0.2) is 0 Å². The van der Waals surface area contributed by atoms with Gasteiger partial charge < -0.3 is 0 Å². The van der Waals surface area contributed by atoms with Gasteiger partial charge in [0.15, 0.2) is 0 Å². The lowest BCUT2D eigenvalue weighted by Crippen LogP contribution is -2.56. The highest BCUT2D eigenvalue weighted by atomic mass is 32.2. The first-order chi connectivity index (χ1) is 12.4. The maximum Gasteiger partial charge on any atom is 0.0890 e. The Morgan fingerprint density at radius 1 is 0.500 bits per heavy atom. The van der Waals surface area contributed by atoms with Crippen molar-refractivity contribution in [3.63, 3.8) is 0 Å². The van der Waals surface area contributed by atoms with Gasteiger partial charge >= 0.3 is 0 Å². The lowest BCUT2D eigenvalue weighted by Gasteiger charge is -2.39. The van der Waals surface area contributed by atoms with Crippen LogP contribution in [0.1, 0.15) is 0 Å². The molecule has 10 heteroatoms. The van der Waals surface area contributed by atoms with Crippen molar-refractivity contribution in [1.29, 1.82) is 0 Å². The van der Waals surface area contributed by atoms with Crippen LogP contribution in [0.25, 0.3) is 0 Å². The van der Waals surface area contributed by atoms with Crippen LogP contribution in [0.5, 0.6) is 0 Å². The highest BCUT2D eigenvalue weighted by molar-refractivity contribution is 8.35. The second kappa shape index (κ2) is 8.43. The Morgan fingerprint density at radius 3 is 1.19 bits per heavy atom. The van der Waals surface area contributed by atoms with E-state index in [2.05, 4.69) is 82.2 Å². The molecule has 4 heterocycles. The molecule has 0 atom stereocenters.